The van der Waals surface area contributed by atoms with Crippen molar-refractivity contribution in [2.24, 2.45) is 0 Å². The summed E-state index contributed by atoms with van der Waals surface area (Å²) in [6.45, 7) is 0.172. The second-order valence-electron chi connectivity index (χ2n) is 1.35. The molecule has 0 aliphatic rings. The Kier molecular flexibility index (Phi) is 2.49. The molecule has 1 heterocycles. The minimum absolute atomic E-state index is 0.172. The Morgan fingerprint density at radius 2 is 2.50 bits per heavy atom. The van der Waals surface area contributed by atoms with Gasteiger partial charge in [-0.1, -0.05) is 17.5 Å². The maximum absolute atomic E-state index is 5.52. The topological polar surface area (TPSA) is 35.0 Å². The number of aromatic nitrogens is 2. The van der Waals surface area contributed by atoms with Crippen LogP contribution in [0.15, 0.2) is 0 Å². The van der Waals surface area contributed by atoms with Crippen molar-refractivity contribution in [2.45, 2.75) is 0 Å². The number of ether oxygens (including phenoxy) is 1. The Balaban J connectivity index is 2.59. The van der Waals surface area contributed by atoms with Gasteiger partial charge in [0.2, 0.25) is 5.15 Å². The van der Waals surface area contributed by atoms with E-state index in [0.29, 0.717) is 5.88 Å². The summed E-state index contributed by atoms with van der Waals surface area (Å²) in [6.07, 6.45) is 4.93. The van der Waals surface area contributed by atoms with Crippen molar-refractivity contribution in [1.82, 2.24) is 8.75 Å². The molecule has 0 aliphatic carbocycles. The molecule has 3 nitrogen and oxygen atoms in total. The number of halogens is 1. The lowest BCUT2D eigenvalue weighted by molar-refractivity contribution is 0.359. The monoisotopic (exact) mass is 174 g/mol. The number of hydrogen-bond donors (Lipinski definition) is 0. The van der Waals surface area contributed by atoms with E-state index in [4.69, 9.17) is 22.8 Å². The molecule has 0 aliphatic heterocycles. The summed E-state index contributed by atoms with van der Waals surface area (Å²) >= 11 is 6.51. The largest absolute Gasteiger partial charge is 0.462 e. The van der Waals surface area contributed by atoms with Crippen molar-refractivity contribution >= 4 is 23.3 Å². The molecule has 0 saturated heterocycles. The van der Waals surface area contributed by atoms with E-state index < -0.39 is 0 Å². The zero-order valence-corrected chi connectivity index (χ0v) is 6.45. The number of nitrogens with zero attached hydrogens (tertiary/aromatic N) is 2. The average molecular weight is 175 g/mol. The van der Waals surface area contributed by atoms with Crippen LogP contribution in [0.2, 0.25) is 5.15 Å². The quantitative estimate of drug-likeness (QED) is 0.632. The first-order chi connectivity index (χ1) is 4.84. The van der Waals surface area contributed by atoms with Crippen molar-refractivity contribution in [3.63, 3.8) is 0 Å². The Hall–Kier alpha value is -0.790. The van der Waals surface area contributed by atoms with Gasteiger partial charge in [0.1, 0.15) is 0 Å². The molecule has 0 amide bonds. The standard InChI is InChI=1S/C5H3ClN2OS/c1-2-3-9-5-4(6)7-10-8-5/h1H,3H2. The molecule has 0 fully saturated rings. The van der Waals surface area contributed by atoms with Gasteiger partial charge in [0.15, 0.2) is 6.61 Å². The highest BCUT2D eigenvalue weighted by atomic mass is 35.5. The van der Waals surface area contributed by atoms with Gasteiger partial charge in [0.25, 0.3) is 5.88 Å². The highest BCUT2D eigenvalue weighted by Gasteiger charge is 2.03. The van der Waals surface area contributed by atoms with E-state index in [9.17, 15) is 0 Å². The molecule has 10 heavy (non-hydrogen) atoms. The van der Waals surface area contributed by atoms with Gasteiger partial charge in [-0.2, -0.15) is 4.37 Å². The average Bonchev–Trinajstić information content (AvgIpc) is 2.31. The van der Waals surface area contributed by atoms with E-state index in [2.05, 4.69) is 14.7 Å². The van der Waals surface area contributed by atoms with E-state index in [0.717, 1.165) is 11.7 Å². The van der Waals surface area contributed by atoms with Crippen LogP contribution in [0.5, 0.6) is 5.88 Å². The Labute approximate surface area is 67.3 Å². The predicted octanol–water partition coefficient (Wildman–Crippen LogP) is 1.20. The third-order valence-corrected chi connectivity index (χ3v) is 1.57. The van der Waals surface area contributed by atoms with E-state index in [1.54, 1.807) is 0 Å². The van der Waals surface area contributed by atoms with Gasteiger partial charge in [-0.15, -0.1) is 10.8 Å². The summed E-state index contributed by atoms with van der Waals surface area (Å²) in [5.74, 6) is 2.60. The van der Waals surface area contributed by atoms with Crippen LogP contribution in [0.3, 0.4) is 0 Å². The zero-order chi connectivity index (χ0) is 7.40. The fraction of sp³-hybridized carbons (Fsp3) is 0.200. The molecule has 0 spiro atoms. The lowest BCUT2D eigenvalue weighted by Gasteiger charge is -1.93. The molecule has 52 valence electrons. The highest BCUT2D eigenvalue weighted by Crippen LogP contribution is 2.19. The van der Waals surface area contributed by atoms with Crippen molar-refractivity contribution in [2.75, 3.05) is 6.61 Å². The molecule has 1 rings (SSSR count). The first-order valence-electron chi connectivity index (χ1n) is 2.39. The van der Waals surface area contributed by atoms with Gasteiger partial charge in [-0.05, 0) is 0 Å². The summed E-state index contributed by atoms with van der Waals surface area (Å²) in [5.41, 5.74) is 0. The molecule has 0 radical (unpaired) electrons. The molecule has 0 bridgehead atoms. The Bertz CT molecular complexity index is 254. The van der Waals surface area contributed by atoms with E-state index in [1.807, 2.05) is 0 Å². The first kappa shape index (κ1) is 7.32. The van der Waals surface area contributed by atoms with Gasteiger partial charge >= 0.3 is 0 Å². The molecule has 0 N–H and O–H groups in total. The molecule has 0 unspecified atom stereocenters. The molecule has 0 atom stereocenters. The smallest absolute Gasteiger partial charge is 0.266 e. The Morgan fingerprint density at radius 1 is 1.70 bits per heavy atom. The third-order valence-electron chi connectivity index (χ3n) is 0.713. The van der Waals surface area contributed by atoms with Crippen LogP contribution in [-0.2, 0) is 0 Å². The molecule has 1 aromatic rings. The van der Waals surface area contributed by atoms with Gasteiger partial charge in [0.05, 0.1) is 11.7 Å². The second kappa shape index (κ2) is 3.40. The van der Waals surface area contributed by atoms with Crippen molar-refractivity contribution in [3.8, 4) is 18.2 Å². The molecule has 1 aromatic heterocycles. The normalized spacial score (nSPS) is 8.80. The van der Waals surface area contributed by atoms with Crippen LogP contribution < -0.4 is 4.74 Å². The summed E-state index contributed by atoms with van der Waals surface area (Å²) in [7, 11) is 0. The van der Waals surface area contributed by atoms with Crippen LogP contribution in [0.25, 0.3) is 0 Å². The number of rotatable bonds is 2. The summed E-state index contributed by atoms with van der Waals surface area (Å²) in [5, 5.41) is 0.264. The molecule has 5 heteroatoms. The van der Waals surface area contributed by atoms with Crippen LogP contribution in [0, 0.1) is 12.3 Å². The van der Waals surface area contributed by atoms with E-state index in [1.165, 1.54) is 0 Å². The maximum atomic E-state index is 5.52. The van der Waals surface area contributed by atoms with Crippen molar-refractivity contribution in [3.05, 3.63) is 5.15 Å². The number of hydrogen-bond acceptors (Lipinski definition) is 4. The van der Waals surface area contributed by atoms with E-state index >= 15 is 0 Å². The van der Waals surface area contributed by atoms with Crippen molar-refractivity contribution < 1.29 is 4.74 Å². The zero-order valence-electron chi connectivity index (χ0n) is 4.87. The maximum Gasteiger partial charge on any atom is 0.266 e. The minimum Gasteiger partial charge on any atom is -0.462 e. The van der Waals surface area contributed by atoms with Crippen LogP contribution in [0.4, 0.5) is 0 Å². The van der Waals surface area contributed by atoms with Gasteiger partial charge in [-0.3, -0.25) is 0 Å². The van der Waals surface area contributed by atoms with Crippen molar-refractivity contribution in [1.29, 1.82) is 0 Å². The Morgan fingerprint density at radius 3 is 3.00 bits per heavy atom. The minimum atomic E-state index is 0.172. The SMILES string of the molecule is C#CCOc1nsnc1Cl. The lowest BCUT2D eigenvalue weighted by atomic mass is 10.7. The van der Waals surface area contributed by atoms with Crippen LogP contribution >= 0.6 is 23.3 Å². The summed E-state index contributed by atoms with van der Waals surface area (Å²) in [4.78, 5) is 0. The molecule has 0 saturated carbocycles. The van der Waals surface area contributed by atoms with Gasteiger partial charge in [0, 0.05) is 0 Å². The van der Waals surface area contributed by atoms with E-state index in [-0.39, 0.29) is 11.8 Å². The fourth-order valence-electron chi connectivity index (χ4n) is 0.366. The summed E-state index contributed by atoms with van der Waals surface area (Å²) in [6, 6.07) is 0. The number of terminal acetylenes is 1. The summed E-state index contributed by atoms with van der Waals surface area (Å²) < 4.78 is 12.3. The molecule has 0 aromatic carbocycles. The molecular weight excluding hydrogens is 172 g/mol. The predicted molar refractivity (Wildman–Crippen MR) is 39.2 cm³/mol. The molecular formula is C5H3ClN2OS. The first-order valence-corrected chi connectivity index (χ1v) is 3.49. The van der Waals surface area contributed by atoms with Gasteiger partial charge in [-0.25, -0.2) is 0 Å². The van der Waals surface area contributed by atoms with Crippen LogP contribution in [0.1, 0.15) is 0 Å². The fourth-order valence-corrected chi connectivity index (χ4v) is 1.01. The van der Waals surface area contributed by atoms with Gasteiger partial charge < -0.3 is 4.74 Å². The highest BCUT2D eigenvalue weighted by molar-refractivity contribution is 6.99. The third kappa shape index (κ3) is 1.59. The van der Waals surface area contributed by atoms with Crippen LogP contribution in [-0.4, -0.2) is 15.4 Å². The second-order valence-corrected chi connectivity index (χ2v) is 2.24. The lowest BCUT2D eigenvalue weighted by Crippen LogP contribution is -1.93.